The average Bonchev–Trinajstić information content (AvgIpc) is 2.60. The maximum Gasteiger partial charge on any atom is 0.232 e. The molecule has 0 aliphatic carbocycles. The van der Waals surface area contributed by atoms with E-state index in [9.17, 15) is 17.6 Å². The third-order valence-corrected chi connectivity index (χ3v) is 4.32. The molecule has 1 saturated heterocycles. The van der Waals surface area contributed by atoms with Gasteiger partial charge in [-0.1, -0.05) is 11.6 Å². The first-order valence-corrected chi connectivity index (χ1v) is 8.29. The second-order valence-corrected chi connectivity index (χ2v) is 7.63. The second kappa shape index (κ2) is 5.26. The van der Waals surface area contributed by atoms with Crippen molar-refractivity contribution in [3.63, 3.8) is 0 Å². The first-order valence-electron chi connectivity index (χ1n) is 5.44. The van der Waals surface area contributed by atoms with Crippen LogP contribution >= 0.6 is 22.3 Å². The van der Waals surface area contributed by atoms with Crippen LogP contribution in [0.4, 0.5) is 10.1 Å². The van der Waals surface area contributed by atoms with Gasteiger partial charge >= 0.3 is 0 Å². The fourth-order valence-electron chi connectivity index (χ4n) is 2.10. The number of carbonyl (C=O) groups is 1. The molecule has 1 unspecified atom stereocenters. The molecule has 0 bridgehead atoms. The summed E-state index contributed by atoms with van der Waals surface area (Å²) in [4.78, 5) is 13.0. The number of halogens is 3. The topological polar surface area (TPSA) is 54.5 Å². The van der Waals surface area contributed by atoms with E-state index in [-0.39, 0.29) is 30.3 Å². The summed E-state index contributed by atoms with van der Waals surface area (Å²) in [6.45, 7) is 0.113. The van der Waals surface area contributed by atoms with E-state index in [2.05, 4.69) is 0 Å². The Morgan fingerprint density at radius 2 is 2.11 bits per heavy atom. The number of carbonyl (C=O) groups excluding carboxylic acids is 1. The summed E-state index contributed by atoms with van der Waals surface area (Å²) >= 11 is 5.76. The zero-order valence-electron chi connectivity index (χ0n) is 9.64. The number of anilines is 1. The standard InChI is InChI=1S/C11H10Cl2FNO3S/c12-8-1-2-9(14)10(4-8)15-5-7(3-11(15)16)6-19(13,17)18/h1-2,4,7H,3,5-6H2. The molecule has 1 atom stereocenters. The fourth-order valence-corrected chi connectivity index (χ4v) is 3.59. The van der Waals surface area contributed by atoms with E-state index in [0.717, 1.165) is 6.07 Å². The van der Waals surface area contributed by atoms with Crippen molar-refractivity contribution in [1.82, 2.24) is 0 Å². The van der Waals surface area contributed by atoms with E-state index in [0.29, 0.717) is 5.02 Å². The van der Waals surface area contributed by atoms with E-state index >= 15 is 0 Å². The molecule has 19 heavy (non-hydrogen) atoms. The lowest BCUT2D eigenvalue weighted by molar-refractivity contribution is -0.117. The summed E-state index contributed by atoms with van der Waals surface area (Å²) < 4.78 is 35.7. The minimum Gasteiger partial charge on any atom is -0.309 e. The monoisotopic (exact) mass is 325 g/mol. The summed E-state index contributed by atoms with van der Waals surface area (Å²) in [6, 6.07) is 3.88. The molecule has 0 N–H and O–H groups in total. The molecule has 8 heteroatoms. The van der Waals surface area contributed by atoms with Crippen molar-refractivity contribution in [1.29, 1.82) is 0 Å². The summed E-state index contributed by atoms with van der Waals surface area (Å²) in [5, 5.41) is 0.303. The van der Waals surface area contributed by atoms with E-state index in [1.165, 1.54) is 17.0 Å². The van der Waals surface area contributed by atoms with Crippen molar-refractivity contribution in [2.24, 2.45) is 5.92 Å². The largest absolute Gasteiger partial charge is 0.309 e. The van der Waals surface area contributed by atoms with E-state index in [1.54, 1.807) is 0 Å². The van der Waals surface area contributed by atoms with E-state index in [4.69, 9.17) is 22.3 Å². The molecule has 0 radical (unpaired) electrons. The zero-order valence-corrected chi connectivity index (χ0v) is 12.0. The van der Waals surface area contributed by atoms with Crippen LogP contribution in [0.3, 0.4) is 0 Å². The minimum atomic E-state index is -3.68. The van der Waals surface area contributed by atoms with Gasteiger partial charge in [0.15, 0.2) is 0 Å². The Morgan fingerprint density at radius 1 is 1.42 bits per heavy atom. The molecule has 1 aromatic carbocycles. The molecular weight excluding hydrogens is 316 g/mol. The van der Waals surface area contributed by atoms with Crippen molar-refractivity contribution in [3.05, 3.63) is 29.0 Å². The number of benzene rings is 1. The molecule has 1 aliphatic heterocycles. The predicted octanol–water partition coefficient (Wildman–Crippen LogP) is 2.40. The van der Waals surface area contributed by atoms with Crippen LogP contribution in [0.1, 0.15) is 6.42 Å². The molecule has 4 nitrogen and oxygen atoms in total. The summed E-state index contributed by atoms with van der Waals surface area (Å²) in [5.74, 6) is -1.66. The van der Waals surface area contributed by atoms with Gasteiger partial charge in [-0.3, -0.25) is 4.79 Å². The van der Waals surface area contributed by atoms with Gasteiger partial charge in [0.2, 0.25) is 15.0 Å². The van der Waals surface area contributed by atoms with Gasteiger partial charge in [0.25, 0.3) is 0 Å². The Labute approximate surface area is 119 Å². The van der Waals surface area contributed by atoms with Crippen molar-refractivity contribution in [2.45, 2.75) is 6.42 Å². The third kappa shape index (κ3) is 3.58. The van der Waals surface area contributed by atoms with Crippen LogP contribution in [0.25, 0.3) is 0 Å². The first kappa shape index (κ1) is 14.6. The quantitative estimate of drug-likeness (QED) is 0.802. The Hall–Kier alpha value is -0.850. The summed E-state index contributed by atoms with van der Waals surface area (Å²) in [5.41, 5.74) is 0.0620. The van der Waals surface area contributed by atoms with E-state index < -0.39 is 20.8 Å². The summed E-state index contributed by atoms with van der Waals surface area (Å²) in [7, 11) is 1.48. The SMILES string of the molecule is O=C1CC(CS(=O)(=O)Cl)CN1c1cc(Cl)ccc1F. The Kier molecular flexibility index (Phi) is 4.03. The van der Waals surface area contributed by atoms with Gasteiger partial charge in [-0.2, -0.15) is 0 Å². The number of hydrogen-bond donors (Lipinski definition) is 0. The van der Waals surface area contributed by atoms with Gasteiger partial charge in [-0.05, 0) is 18.2 Å². The number of nitrogens with zero attached hydrogens (tertiary/aromatic N) is 1. The van der Waals surface area contributed by atoms with Crippen molar-refractivity contribution in [3.8, 4) is 0 Å². The van der Waals surface area contributed by atoms with Gasteiger partial charge in [0.1, 0.15) is 5.82 Å². The average molecular weight is 326 g/mol. The van der Waals surface area contributed by atoms with Crippen LogP contribution in [0.5, 0.6) is 0 Å². The highest BCUT2D eigenvalue weighted by atomic mass is 35.7. The van der Waals surface area contributed by atoms with Gasteiger partial charge in [-0.25, -0.2) is 12.8 Å². The van der Waals surface area contributed by atoms with Gasteiger partial charge < -0.3 is 4.90 Å². The molecular formula is C11H10Cl2FNO3S. The van der Waals surface area contributed by atoms with Crippen LogP contribution in [-0.4, -0.2) is 26.6 Å². The molecule has 1 aromatic rings. The van der Waals surface area contributed by atoms with Crippen LogP contribution in [-0.2, 0) is 13.8 Å². The van der Waals surface area contributed by atoms with Crippen molar-refractivity contribution in [2.75, 3.05) is 17.2 Å². The summed E-state index contributed by atoms with van der Waals surface area (Å²) in [6.07, 6.45) is 0.0257. The Morgan fingerprint density at radius 3 is 2.74 bits per heavy atom. The molecule has 0 saturated carbocycles. The van der Waals surface area contributed by atoms with Crippen LogP contribution in [0, 0.1) is 11.7 Å². The van der Waals surface area contributed by atoms with Crippen LogP contribution in [0.15, 0.2) is 18.2 Å². The number of hydrogen-bond acceptors (Lipinski definition) is 3. The first-order chi connectivity index (χ1) is 8.76. The van der Waals surface area contributed by atoms with Gasteiger partial charge in [0, 0.05) is 34.6 Å². The van der Waals surface area contributed by atoms with E-state index in [1.807, 2.05) is 0 Å². The smallest absolute Gasteiger partial charge is 0.232 e. The Bertz CT molecular complexity index is 620. The maximum atomic E-state index is 13.7. The second-order valence-electron chi connectivity index (χ2n) is 4.38. The molecule has 1 fully saturated rings. The fraction of sp³-hybridized carbons (Fsp3) is 0.364. The molecule has 0 aromatic heterocycles. The highest BCUT2D eigenvalue weighted by Gasteiger charge is 2.34. The lowest BCUT2D eigenvalue weighted by Gasteiger charge is -2.17. The normalized spacial score (nSPS) is 20.1. The lowest BCUT2D eigenvalue weighted by Crippen LogP contribution is -2.26. The molecule has 0 spiro atoms. The zero-order chi connectivity index (χ0) is 14.2. The van der Waals surface area contributed by atoms with Crippen LogP contribution in [0.2, 0.25) is 5.02 Å². The predicted molar refractivity (Wildman–Crippen MR) is 71.5 cm³/mol. The molecule has 104 valence electrons. The molecule has 1 aliphatic rings. The third-order valence-electron chi connectivity index (χ3n) is 2.84. The van der Waals surface area contributed by atoms with Crippen molar-refractivity contribution < 1.29 is 17.6 Å². The number of rotatable bonds is 3. The van der Waals surface area contributed by atoms with Gasteiger partial charge in [0.05, 0.1) is 11.4 Å². The van der Waals surface area contributed by atoms with Gasteiger partial charge in [-0.15, -0.1) is 0 Å². The lowest BCUT2D eigenvalue weighted by atomic mass is 10.1. The minimum absolute atomic E-state index is 0.0257. The molecule has 2 rings (SSSR count). The van der Waals surface area contributed by atoms with Crippen LogP contribution < -0.4 is 4.90 Å². The molecule has 1 heterocycles. The molecule has 1 amide bonds. The van der Waals surface area contributed by atoms with Crippen molar-refractivity contribution >= 4 is 42.9 Å². The highest BCUT2D eigenvalue weighted by molar-refractivity contribution is 8.13. The number of amides is 1. The highest BCUT2D eigenvalue weighted by Crippen LogP contribution is 2.30. The maximum absolute atomic E-state index is 13.7. The Balaban J connectivity index is 2.23.